The molecule has 1 spiro atoms. The molecule has 1 aromatic carbocycles. The van der Waals surface area contributed by atoms with Gasteiger partial charge >= 0.3 is 0 Å². The fourth-order valence-corrected chi connectivity index (χ4v) is 4.83. The number of likely N-dealkylation sites (tertiary alicyclic amines) is 1. The number of hydrogen-bond donors (Lipinski definition) is 0. The molecule has 5 nitrogen and oxygen atoms in total. The van der Waals surface area contributed by atoms with E-state index in [-0.39, 0.29) is 16.7 Å². The second-order valence-electron chi connectivity index (χ2n) is 5.99. The molecule has 0 radical (unpaired) electrons. The Balaban J connectivity index is 1.76. The smallest absolute Gasteiger partial charge is 0.255 e. The van der Waals surface area contributed by atoms with Crippen LogP contribution >= 0.6 is 11.8 Å². The van der Waals surface area contributed by atoms with Crippen molar-refractivity contribution in [3.05, 3.63) is 29.8 Å². The van der Waals surface area contributed by atoms with E-state index in [1.165, 1.54) is 0 Å². The molecule has 3 rings (SSSR count). The molecule has 2 amide bonds. The van der Waals surface area contributed by atoms with E-state index in [1.807, 2.05) is 45.8 Å². The number of amides is 2. The molecule has 0 N–H and O–H groups in total. The summed E-state index contributed by atoms with van der Waals surface area (Å²) in [4.78, 5) is 28.2. The van der Waals surface area contributed by atoms with Crippen LogP contribution in [0.15, 0.2) is 24.3 Å². The summed E-state index contributed by atoms with van der Waals surface area (Å²) in [6.07, 6.45) is 1.69. The van der Waals surface area contributed by atoms with Crippen molar-refractivity contribution in [3.8, 4) is 5.75 Å². The molecule has 6 heteroatoms. The lowest BCUT2D eigenvalue weighted by molar-refractivity contribution is -0.130. The lowest BCUT2D eigenvalue weighted by atomic mass is 10.0. The maximum atomic E-state index is 12.9. The van der Waals surface area contributed by atoms with Crippen LogP contribution < -0.4 is 4.74 Å². The molecule has 124 valence electrons. The summed E-state index contributed by atoms with van der Waals surface area (Å²) in [5, 5.41) is 0. The van der Waals surface area contributed by atoms with Crippen LogP contribution in [0.1, 0.15) is 30.1 Å². The molecular weight excluding hydrogens is 312 g/mol. The summed E-state index contributed by atoms with van der Waals surface area (Å²) >= 11 is 1.86. The molecular formula is C17H22N2O3S. The quantitative estimate of drug-likeness (QED) is 0.832. The van der Waals surface area contributed by atoms with Crippen LogP contribution in [0.4, 0.5) is 0 Å². The number of methoxy groups -OCH3 is 1. The first-order chi connectivity index (χ1) is 11.1. The number of carbonyl (C=O) groups is 2. The Morgan fingerprint density at radius 1 is 1.13 bits per heavy atom. The predicted molar refractivity (Wildman–Crippen MR) is 90.7 cm³/mol. The second kappa shape index (κ2) is 6.43. The van der Waals surface area contributed by atoms with Crippen LogP contribution in [0.25, 0.3) is 0 Å². The Labute approximate surface area is 141 Å². The van der Waals surface area contributed by atoms with Gasteiger partial charge in [0.05, 0.1) is 12.0 Å². The number of rotatable bonds is 2. The molecule has 2 fully saturated rings. The summed E-state index contributed by atoms with van der Waals surface area (Å²) < 4.78 is 5.15. The first kappa shape index (κ1) is 16.2. The lowest BCUT2D eigenvalue weighted by Crippen LogP contribution is -2.53. The minimum Gasteiger partial charge on any atom is -0.497 e. The largest absolute Gasteiger partial charge is 0.497 e. The monoisotopic (exact) mass is 334 g/mol. The van der Waals surface area contributed by atoms with Gasteiger partial charge in [-0.1, -0.05) is 0 Å². The van der Waals surface area contributed by atoms with Gasteiger partial charge in [0.25, 0.3) is 5.91 Å². The van der Waals surface area contributed by atoms with E-state index in [9.17, 15) is 9.59 Å². The minimum atomic E-state index is -0.150. The Morgan fingerprint density at radius 3 is 2.35 bits per heavy atom. The molecule has 0 unspecified atom stereocenters. The first-order valence-electron chi connectivity index (χ1n) is 7.91. The number of ether oxygens (including phenoxy) is 1. The number of carbonyl (C=O) groups excluding carboxylic acids is 2. The van der Waals surface area contributed by atoms with Crippen molar-refractivity contribution in [1.82, 2.24) is 9.80 Å². The molecule has 0 aliphatic carbocycles. The standard InChI is InChI=1S/C17H22N2O3S/c1-13(20)18-9-7-17(8-10-18)19(11-12-23-17)16(21)14-3-5-15(22-2)6-4-14/h3-6H,7-12H2,1-2H3. The number of thioether (sulfide) groups is 1. The first-order valence-corrected chi connectivity index (χ1v) is 8.90. The maximum absolute atomic E-state index is 12.9. The number of piperidine rings is 1. The van der Waals surface area contributed by atoms with Crippen LogP contribution in [0.5, 0.6) is 5.75 Å². The fraction of sp³-hybridized carbons (Fsp3) is 0.529. The minimum absolute atomic E-state index is 0.0777. The highest BCUT2D eigenvalue weighted by Crippen LogP contribution is 2.44. The zero-order valence-corrected chi connectivity index (χ0v) is 14.4. The van der Waals surface area contributed by atoms with Crippen molar-refractivity contribution in [1.29, 1.82) is 0 Å². The topological polar surface area (TPSA) is 49.9 Å². The summed E-state index contributed by atoms with van der Waals surface area (Å²) in [5.41, 5.74) is 0.696. The van der Waals surface area contributed by atoms with E-state index in [2.05, 4.69) is 0 Å². The van der Waals surface area contributed by atoms with Crippen LogP contribution in [0, 0.1) is 0 Å². The van der Waals surface area contributed by atoms with Gasteiger partial charge in [-0.25, -0.2) is 0 Å². The molecule has 2 saturated heterocycles. The van der Waals surface area contributed by atoms with Gasteiger partial charge in [0.1, 0.15) is 5.75 Å². The van der Waals surface area contributed by atoms with Gasteiger partial charge in [-0.3, -0.25) is 9.59 Å². The Bertz CT molecular complexity index is 594. The van der Waals surface area contributed by atoms with Crippen LogP contribution in [-0.4, -0.2) is 59.0 Å². The maximum Gasteiger partial charge on any atom is 0.255 e. The van der Waals surface area contributed by atoms with Gasteiger partial charge in [0.2, 0.25) is 5.91 Å². The zero-order chi connectivity index (χ0) is 16.4. The van der Waals surface area contributed by atoms with Crippen molar-refractivity contribution in [2.75, 3.05) is 32.5 Å². The van der Waals surface area contributed by atoms with E-state index in [0.717, 1.165) is 44.0 Å². The van der Waals surface area contributed by atoms with E-state index in [4.69, 9.17) is 4.74 Å². The SMILES string of the molecule is COc1ccc(C(=O)N2CCSC23CCN(C(C)=O)CC3)cc1. The summed E-state index contributed by atoms with van der Waals surface area (Å²) in [6.45, 7) is 3.85. The van der Waals surface area contributed by atoms with Gasteiger partial charge in [0.15, 0.2) is 0 Å². The highest BCUT2D eigenvalue weighted by molar-refractivity contribution is 8.00. The van der Waals surface area contributed by atoms with Gasteiger partial charge in [0, 0.05) is 37.9 Å². The van der Waals surface area contributed by atoms with Crippen molar-refractivity contribution in [2.45, 2.75) is 24.6 Å². The fourth-order valence-electron chi connectivity index (χ4n) is 3.37. The normalized spacial score (nSPS) is 19.9. The van der Waals surface area contributed by atoms with Gasteiger partial charge < -0.3 is 14.5 Å². The second-order valence-corrected chi connectivity index (χ2v) is 7.44. The molecule has 2 aliphatic rings. The summed E-state index contributed by atoms with van der Waals surface area (Å²) in [6, 6.07) is 7.29. The van der Waals surface area contributed by atoms with Gasteiger partial charge in [-0.2, -0.15) is 0 Å². The molecule has 23 heavy (non-hydrogen) atoms. The highest BCUT2D eigenvalue weighted by Gasteiger charge is 2.46. The Kier molecular flexibility index (Phi) is 4.53. The average Bonchev–Trinajstić information content (AvgIpc) is 2.97. The lowest BCUT2D eigenvalue weighted by Gasteiger charge is -2.44. The van der Waals surface area contributed by atoms with Crippen molar-refractivity contribution in [2.24, 2.45) is 0 Å². The molecule has 0 atom stereocenters. The number of hydrogen-bond acceptors (Lipinski definition) is 4. The van der Waals surface area contributed by atoms with E-state index >= 15 is 0 Å². The van der Waals surface area contributed by atoms with Gasteiger partial charge in [-0.05, 0) is 37.1 Å². The Morgan fingerprint density at radius 2 is 1.78 bits per heavy atom. The van der Waals surface area contributed by atoms with E-state index in [0.29, 0.717) is 5.56 Å². The highest BCUT2D eigenvalue weighted by atomic mass is 32.2. The number of nitrogens with zero attached hydrogens (tertiary/aromatic N) is 2. The molecule has 0 saturated carbocycles. The third kappa shape index (κ3) is 3.04. The number of benzene rings is 1. The summed E-state index contributed by atoms with van der Waals surface area (Å²) in [7, 11) is 1.62. The molecule has 2 heterocycles. The van der Waals surface area contributed by atoms with Crippen molar-refractivity contribution < 1.29 is 14.3 Å². The van der Waals surface area contributed by atoms with Crippen LogP contribution in [0.2, 0.25) is 0 Å². The third-order valence-corrected chi connectivity index (χ3v) is 6.30. The molecule has 0 bridgehead atoms. The molecule has 0 aromatic heterocycles. The van der Waals surface area contributed by atoms with Crippen molar-refractivity contribution >= 4 is 23.6 Å². The molecule has 2 aliphatic heterocycles. The van der Waals surface area contributed by atoms with Crippen molar-refractivity contribution in [3.63, 3.8) is 0 Å². The van der Waals surface area contributed by atoms with E-state index in [1.54, 1.807) is 14.0 Å². The zero-order valence-electron chi connectivity index (χ0n) is 13.6. The molecule has 1 aromatic rings. The Hall–Kier alpha value is -1.69. The van der Waals surface area contributed by atoms with Crippen LogP contribution in [-0.2, 0) is 4.79 Å². The average molecular weight is 334 g/mol. The van der Waals surface area contributed by atoms with E-state index < -0.39 is 0 Å². The predicted octanol–water partition coefficient (Wildman–Crippen LogP) is 2.22. The third-order valence-electron chi connectivity index (χ3n) is 4.75. The summed E-state index contributed by atoms with van der Waals surface area (Å²) in [5.74, 6) is 1.91. The van der Waals surface area contributed by atoms with Crippen LogP contribution in [0.3, 0.4) is 0 Å². The van der Waals surface area contributed by atoms with Gasteiger partial charge in [-0.15, -0.1) is 11.8 Å².